The first-order valence-electron chi connectivity index (χ1n) is 7.33. The van der Waals surface area contributed by atoms with Gasteiger partial charge in [0, 0.05) is 11.4 Å². The molecule has 6 heteroatoms. The number of fused-ring (bicyclic) bond motifs is 1. The van der Waals surface area contributed by atoms with Crippen LogP contribution in [0.15, 0.2) is 53.3 Å². The zero-order chi connectivity index (χ0) is 17.1. The summed E-state index contributed by atoms with van der Waals surface area (Å²) in [5, 5.41) is 0.944. The highest BCUT2D eigenvalue weighted by Gasteiger charge is 2.17. The molecule has 0 amide bonds. The Hall–Kier alpha value is -2.81. The number of aromatic nitrogens is 2. The van der Waals surface area contributed by atoms with Crippen LogP contribution in [0.4, 0.5) is 5.69 Å². The summed E-state index contributed by atoms with van der Waals surface area (Å²) in [6.45, 7) is 0. The minimum Gasteiger partial charge on any atom is -0.321 e. The fourth-order valence-electron chi connectivity index (χ4n) is 2.39. The summed E-state index contributed by atoms with van der Waals surface area (Å²) >= 11 is 6.01. The molecule has 24 heavy (non-hydrogen) atoms. The van der Waals surface area contributed by atoms with Crippen molar-refractivity contribution in [3.05, 3.63) is 69.7 Å². The summed E-state index contributed by atoms with van der Waals surface area (Å²) in [6.07, 6.45) is 5.62. The third-order valence-electron chi connectivity index (χ3n) is 3.54. The van der Waals surface area contributed by atoms with E-state index in [1.54, 1.807) is 18.2 Å². The maximum absolute atomic E-state index is 12.9. The molecule has 0 spiro atoms. The number of nitrogens with two attached hydrogens (primary N) is 1. The van der Waals surface area contributed by atoms with Crippen molar-refractivity contribution < 1.29 is 0 Å². The van der Waals surface area contributed by atoms with E-state index in [1.807, 2.05) is 30.3 Å². The molecule has 0 aliphatic rings. The van der Waals surface area contributed by atoms with Crippen LogP contribution in [-0.4, -0.2) is 9.66 Å². The SMILES string of the molecule is C#CC[C@@H](N)c1nc2cc(Cl)ccc2c(=O)n1Nc1ccccc1. The molecule has 2 aromatic carbocycles. The third kappa shape index (κ3) is 3.11. The van der Waals surface area contributed by atoms with E-state index in [2.05, 4.69) is 16.3 Å². The number of rotatable bonds is 4. The molecule has 1 heterocycles. The number of hydrogen-bond acceptors (Lipinski definition) is 4. The monoisotopic (exact) mass is 338 g/mol. The smallest absolute Gasteiger partial charge is 0.280 e. The molecule has 0 saturated heterocycles. The van der Waals surface area contributed by atoms with Gasteiger partial charge in [-0.05, 0) is 30.3 Å². The average Bonchev–Trinajstić information content (AvgIpc) is 2.58. The standard InChI is InChI=1S/C18H15ClN4O/c1-2-6-15(20)17-21-16-11-12(19)9-10-14(16)18(24)23(17)22-13-7-4-3-5-8-13/h1,3-5,7-11,15,22H,6,20H2/t15-/m1/s1. The van der Waals surface area contributed by atoms with E-state index >= 15 is 0 Å². The van der Waals surface area contributed by atoms with Crippen molar-refractivity contribution in [3.63, 3.8) is 0 Å². The van der Waals surface area contributed by atoms with Gasteiger partial charge in [-0.3, -0.25) is 10.2 Å². The summed E-state index contributed by atoms with van der Waals surface area (Å²) in [5.41, 5.74) is 10.1. The Morgan fingerprint density at radius 2 is 2.04 bits per heavy atom. The first-order valence-corrected chi connectivity index (χ1v) is 7.71. The number of para-hydroxylation sites is 1. The Bertz CT molecular complexity index is 976. The van der Waals surface area contributed by atoms with Crippen LogP contribution >= 0.6 is 11.6 Å². The minimum absolute atomic E-state index is 0.259. The first kappa shape index (κ1) is 16.1. The van der Waals surface area contributed by atoms with Gasteiger partial charge in [-0.2, -0.15) is 0 Å². The number of halogens is 1. The number of nitrogens with zero attached hydrogens (tertiary/aromatic N) is 2. The maximum Gasteiger partial charge on any atom is 0.280 e. The number of benzene rings is 2. The summed E-state index contributed by atoms with van der Waals surface area (Å²) < 4.78 is 1.34. The maximum atomic E-state index is 12.9. The third-order valence-corrected chi connectivity index (χ3v) is 3.78. The molecule has 1 atom stereocenters. The van der Waals surface area contributed by atoms with Gasteiger partial charge in [-0.25, -0.2) is 9.66 Å². The largest absolute Gasteiger partial charge is 0.321 e. The van der Waals surface area contributed by atoms with Gasteiger partial charge < -0.3 is 5.73 Å². The van der Waals surface area contributed by atoms with Gasteiger partial charge >= 0.3 is 0 Å². The van der Waals surface area contributed by atoms with Gasteiger partial charge in [0.1, 0.15) is 5.82 Å². The molecule has 5 nitrogen and oxygen atoms in total. The highest BCUT2D eigenvalue weighted by molar-refractivity contribution is 6.31. The van der Waals surface area contributed by atoms with Crippen LogP contribution < -0.4 is 16.7 Å². The number of anilines is 1. The van der Waals surface area contributed by atoms with E-state index in [0.29, 0.717) is 21.7 Å². The van der Waals surface area contributed by atoms with E-state index in [-0.39, 0.29) is 12.0 Å². The Labute approximate surface area is 144 Å². The van der Waals surface area contributed by atoms with Gasteiger partial charge in [0.15, 0.2) is 0 Å². The molecule has 0 fully saturated rings. The lowest BCUT2D eigenvalue weighted by Gasteiger charge is -2.18. The second kappa shape index (κ2) is 6.75. The molecular formula is C18H15ClN4O. The first-order chi connectivity index (χ1) is 11.6. The van der Waals surface area contributed by atoms with Gasteiger partial charge in [0.25, 0.3) is 5.56 Å². The molecule has 0 radical (unpaired) electrons. The van der Waals surface area contributed by atoms with Crippen molar-refractivity contribution in [2.75, 3.05) is 5.43 Å². The minimum atomic E-state index is -0.581. The molecule has 3 N–H and O–H groups in total. The van der Waals surface area contributed by atoms with Crippen LogP contribution in [0.3, 0.4) is 0 Å². The highest BCUT2D eigenvalue weighted by atomic mass is 35.5. The summed E-state index contributed by atoms with van der Waals surface area (Å²) in [6, 6.07) is 13.7. The van der Waals surface area contributed by atoms with Gasteiger partial charge in [-0.15, -0.1) is 12.3 Å². The summed E-state index contributed by atoms with van der Waals surface area (Å²) in [4.78, 5) is 17.4. The lowest BCUT2D eigenvalue weighted by atomic mass is 10.2. The highest BCUT2D eigenvalue weighted by Crippen LogP contribution is 2.19. The van der Waals surface area contributed by atoms with Crippen LogP contribution in [0, 0.1) is 12.3 Å². The number of terminal acetylenes is 1. The van der Waals surface area contributed by atoms with Crippen LogP contribution in [0.25, 0.3) is 10.9 Å². The molecule has 0 bridgehead atoms. The van der Waals surface area contributed by atoms with Gasteiger partial charge in [0.2, 0.25) is 0 Å². The molecule has 0 unspecified atom stereocenters. The Kier molecular flexibility index (Phi) is 4.52. The molecule has 1 aromatic heterocycles. The Morgan fingerprint density at radius 3 is 2.75 bits per heavy atom. The van der Waals surface area contributed by atoms with Crippen molar-refractivity contribution in [1.29, 1.82) is 0 Å². The molecule has 0 aliphatic carbocycles. The molecule has 120 valence electrons. The molecule has 0 aliphatic heterocycles. The second-order valence-electron chi connectivity index (χ2n) is 5.26. The average molecular weight is 339 g/mol. The summed E-state index contributed by atoms with van der Waals surface area (Å²) in [7, 11) is 0. The zero-order valence-corrected chi connectivity index (χ0v) is 13.5. The lowest BCUT2D eigenvalue weighted by Crippen LogP contribution is -2.34. The van der Waals surface area contributed by atoms with Gasteiger partial charge in [0.05, 0.1) is 22.6 Å². The van der Waals surface area contributed by atoms with E-state index in [9.17, 15) is 4.79 Å². The van der Waals surface area contributed by atoms with Crippen molar-refractivity contribution in [2.45, 2.75) is 12.5 Å². The molecule has 3 aromatic rings. The zero-order valence-electron chi connectivity index (χ0n) is 12.7. The fraction of sp³-hybridized carbons (Fsp3) is 0.111. The van der Waals surface area contributed by atoms with E-state index in [1.165, 1.54) is 4.68 Å². The predicted molar refractivity (Wildman–Crippen MR) is 96.9 cm³/mol. The van der Waals surface area contributed by atoms with Crippen molar-refractivity contribution in [1.82, 2.24) is 9.66 Å². The Morgan fingerprint density at radius 1 is 1.29 bits per heavy atom. The van der Waals surface area contributed by atoms with E-state index in [0.717, 1.165) is 5.69 Å². The Balaban J connectivity index is 2.22. The van der Waals surface area contributed by atoms with Crippen molar-refractivity contribution >= 4 is 28.2 Å². The quantitative estimate of drug-likeness (QED) is 0.717. The van der Waals surface area contributed by atoms with Crippen LogP contribution in [0.1, 0.15) is 18.3 Å². The summed E-state index contributed by atoms with van der Waals surface area (Å²) in [5.74, 6) is 2.86. The van der Waals surface area contributed by atoms with E-state index < -0.39 is 6.04 Å². The lowest BCUT2D eigenvalue weighted by molar-refractivity contribution is 0.639. The number of hydrogen-bond donors (Lipinski definition) is 2. The molecular weight excluding hydrogens is 324 g/mol. The molecule has 0 saturated carbocycles. The number of nitrogens with one attached hydrogen (secondary N) is 1. The van der Waals surface area contributed by atoms with Crippen LogP contribution in [-0.2, 0) is 0 Å². The fourth-order valence-corrected chi connectivity index (χ4v) is 2.56. The van der Waals surface area contributed by atoms with Crippen LogP contribution in [0.5, 0.6) is 0 Å². The van der Waals surface area contributed by atoms with E-state index in [4.69, 9.17) is 23.8 Å². The normalized spacial score (nSPS) is 11.9. The molecule has 3 rings (SSSR count). The van der Waals surface area contributed by atoms with Crippen LogP contribution in [0.2, 0.25) is 5.02 Å². The second-order valence-corrected chi connectivity index (χ2v) is 5.70. The van der Waals surface area contributed by atoms with Crippen molar-refractivity contribution in [3.8, 4) is 12.3 Å². The predicted octanol–water partition coefficient (Wildman–Crippen LogP) is 2.95. The van der Waals surface area contributed by atoms with Gasteiger partial charge in [-0.1, -0.05) is 29.8 Å². The topological polar surface area (TPSA) is 72.9 Å². The van der Waals surface area contributed by atoms with Crippen molar-refractivity contribution in [2.24, 2.45) is 5.73 Å².